The Morgan fingerprint density at radius 3 is 2.21 bits per heavy atom. The first-order valence-corrected chi connectivity index (χ1v) is 11.3. The maximum atomic E-state index is 12.7. The number of piperazine rings is 1. The van der Waals surface area contributed by atoms with Gasteiger partial charge in [0.15, 0.2) is 5.11 Å². The third kappa shape index (κ3) is 5.56. The van der Waals surface area contributed by atoms with Crippen LogP contribution in [0.1, 0.15) is 26.3 Å². The van der Waals surface area contributed by atoms with Crippen LogP contribution in [0.5, 0.6) is 0 Å². The molecule has 7 heteroatoms. The van der Waals surface area contributed by atoms with E-state index in [1.807, 2.05) is 84.6 Å². The van der Waals surface area contributed by atoms with E-state index in [4.69, 9.17) is 12.2 Å². The van der Waals surface area contributed by atoms with Crippen LogP contribution >= 0.6 is 12.2 Å². The smallest absolute Gasteiger partial charge is 0.257 e. The number of nitrogens with zero attached hydrogens (tertiary/aromatic N) is 2. The number of aryl methyl sites for hydroxylation is 1. The number of anilines is 2. The highest BCUT2D eigenvalue weighted by Crippen LogP contribution is 2.27. The summed E-state index contributed by atoms with van der Waals surface area (Å²) in [5.74, 6) is -0.191. The normalized spacial score (nSPS) is 13.4. The van der Waals surface area contributed by atoms with Gasteiger partial charge >= 0.3 is 0 Å². The highest BCUT2D eigenvalue weighted by molar-refractivity contribution is 7.80. The molecule has 1 heterocycles. The van der Waals surface area contributed by atoms with Crippen molar-refractivity contribution in [2.75, 3.05) is 36.4 Å². The molecule has 0 bridgehead atoms. The molecule has 0 aromatic heterocycles. The Balaban J connectivity index is 1.38. The summed E-state index contributed by atoms with van der Waals surface area (Å²) in [6, 6.07) is 24.6. The molecule has 1 saturated heterocycles. The number of amides is 2. The third-order valence-corrected chi connectivity index (χ3v) is 5.79. The number of carbonyl (C=O) groups excluding carboxylic acids is 2. The van der Waals surface area contributed by atoms with Crippen LogP contribution in [-0.2, 0) is 0 Å². The zero-order valence-corrected chi connectivity index (χ0v) is 19.3. The molecule has 2 amide bonds. The van der Waals surface area contributed by atoms with Crippen molar-refractivity contribution in [2.45, 2.75) is 6.92 Å². The fraction of sp³-hybridized carbons (Fsp3) is 0.192. The number of rotatable bonds is 4. The SMILES string of the molecule is Cc1cccc(C(=O)NC(=S)Nc2ccccc2N2CCN(C(=O)c3ccccc3)CC2)c1. The molecule has 1 aliphatic rings. The molecule has 0 aliphatic carbocycles. The van der Waals surface area contributed by atoms with Crippen LogP contribution in [0.4, 0.5) is 11.4 Å². The van der Waals surface area contributed by atoms with Crippen molar-refractivity contribution in [3.05, 3.63) is 95.6 Å². The van der Waals surface area contributed by atoms with Crippen molar-refractivity contribution in [1.29, 1.82) is 0 Å². The lowest BCUT2D eigenvalue weighted by Gasteiger charge is -2.37. The van der Waals surface area contributed by atoms with Gasteiger partial charge in [-0.25, -0.2) is 0 Å². The van der Waals surface area contributed by atoms with Crippen LogP contribution in [-0.4, -0.2) is 48.0 Å². The topological polar surface area (TPSA) is 64.7 Å². The minimum atomic E-state index is -0.248. The summed E-state index contributed by atoms with van der Waals surface area (Å²) in [6.07, 6.45) is 0. The van der Waals surface area contributed by atoms with Crippen molar-refractivity contribution in [3.8, 4) is 0 Å². The van der Waals surface area contributed by atoms with E-state index < -0.39 is 0 Å². The molecule has 1 fully saturated rings. The molecule has 0 radical (unpaired) electrons. The first-order valence-electron chi connectivity index (χ1n) is 10.9. The van der Waals surface area contributed by atoms with E-state index >= 15 is 0 Å². The van der Waals surface area contributed by atoms with Gasteiger partial charge in [0.2, 0.25) is 0 Å². The van der Waals surface area contributed by atoms with Gasteiger partial charge in [0.1, 0.15) is 0 Å². The molecule has 0 atom stereocenters. The molecule has 168 valence electrons. The van der Waals surface area contributed by atoms with Gasteiger partial charge in [-0.05, 0) is 55.5 Å². The molecular formula is C26H26N4O2S. The Morgan fingerprint density at radius 2 is 1.48 bits per heavy atom. The lowest BCUT2D eigenvalue weighted by Crippen LogP contribution is -2.49. The third-order valence-electron chi connectivity index (χ3n) is 5.59. The molecule has 0 unspecified atom stereocenters. The van der Waals surface area contributed by atoms with Crippen molar-refractivity contribution in [2.24, 2.45) is 0 Å². The van der Waals surface area contributed by atoms with Crippen LogP contribution in [0.15, 0.2) is 78.9 Å². The highest BCUT2D eigenvalue weighted by Gasteiger charge is 2.23. The quantitative estimate of drug-likeness (QED) is 0.577. The van der Waals surface area contributed by atoms with E-state index in [9.17, 15) is 9.59 Å². The second-order valence-corrected chi connectivity index (χ2v) is 8.35. The summed E-state index contributed by atoms with van der Waals surface area (Å²) < 4.78 is 0. The van der Waals surface area contributed by atoms with E-state index in [1.165, 1.54) is 0 Å². The zero-order chi connectivity index (χ0) is 23.2. The standard InChI is InChI=1S/C26H26N4O2S/c1-19-8-7-11-21(18-19)24(31)28-26(33)27-22-12-5-6-13-23(22)29-14-16-30(17-15-29)25(32)20-9-3-2-4-10-20/h2-13,18H,14-17H2,1H3,(H2,27,28,31,33). The number of nitrogens with one attached hydrogen (secondary N) is 2. The Morgan fingerprint density at radius 1 is 0.818 bits per heavy atom. The summed E-state index contributed by atoms with van der Waals surface area (Å²) in [4.78, 5) is 29.4. The fourth-order valence-corrected chi connectivity index (χ4v) is 4.09. The lowest BCUT2D eigenvalue weighted by molar-refractivity contribution is 0.0746. The molecule has 33 heavy (non-hydrogen) atoms. The Hall–Kier alpha value is -3.71. The summed E-state index contributed by atoms with van der Waals surface area (Å²) in [6.45, 7) is 4.63. The molecular weight excluding hydrogens is 432 g/mol. The summed E-state index contributed by atoms with van der Waals surface area (Å²) in [5.41, 5.74) is 4.08. The minimum absolute atomic E-state index is 0.0571. The van der Waals surface area contributed by atoms with E-state index in [1.54, 1.807) is 6.07 Å². The van der Waals surface area contributed by atoms with Gasteiger partial charge in [-0.3, -0.25) is 14.9 Å². The van der Waals surface area contributed by atoms with Gasteiger partial charge in [0.05, 0.1) is 11.4 Å². The zero-order valence-electron chi connectivity index (χ0n) is 18.5. The number of hydrogen-bond acceptors (Lipinski definition) is 4. The summed E-state index contributed by atoms with van der Waals surface area (Å²) >= 11 is 5.40. The van der Waals surface area contributed by atoms with E-state index in [2.05, 4.69) is 15.5 Å². The Bertz CT molecular complexity index is 1160. The summed E-state index contributed by atoms with van der Waals surface area (Å²) in [5, 5.41) is 6.15. The molecule has 1 aliphatic heterocycles. The fourth-order valence-electron chi connectivity index (χ4n) is 3.88. The Labute approximate surface area is 199 Å². The molecule has 2 N–H and O–H groups in total. The number of carbonyl (C=O) groups is 2. The van der Waals surface area contributed by atoms with Crippen molar-refractivity contribution < 1.29 is 9.59 Å². The van der Waals surface area contributed by atoms with Gasteiger partial charge in [-0.2, -0.15) is 0 Å². The minimum Gasteiger partial charge on any atom is -0.366 e. The average molecular weight is 459 g/mol. The predicted octanol–water partition coefficient (Wildman–Crippen LogP) is 4.08. The molecule has 0 spiro atoms. The van der Waals surface area contributed by atoms with E-state index in [0.29, 0.717) is 37.3 Å². The van der Waals surface area contributed by atoms with Gasteiger partial charge in [-0.1, -0.05) is 48.0 Å². The maximum Gasteiger partial charge on any atom is 0.257 e. The number of benzene rings is 3. The molecule has 4 rings (SSSR count). The van der Waals surface area contributed by atoms with Crippen molar-refractivity contribution >= 4 is 40.5 Å². The molecule has 3 aromatic carbocycles. The van der Waals surface area contributed by atoms with Gasteiger partial charge in [-0.15, -0.1) is 0 Å². The monoisotopic (exact) mass is 458 g/mol. The maximum absolute atomic E-state index is 12.7. The largest absolute Gasteiger partial charge is 0.366 e. The number of hydrogen-bond donors (Lipinski definition) is 2. The van der Waals surface area contributed by atoms with E-state index in [-0.39, 0.29) is 16.9 Å². The average Bonchev–Trinajstić information content (AvgIpc) is 2.84. The van der Waals surface area contributed by atoms with Gasteiger partial charge in [0, 0.05) is 37.3 Å². The van der Waals surface area contributed by atoms with Crippen LogP contribution in [0.3, 0.4) is 0 Å². The molecule has 0 saturated carbocycles. The van der Waals surface area contributed by atoms with Crippen LogP contribution in [0.2, 0.25) is 0 Å². The van der Waals surface area contributed by atoms with Crippen LogP contribution in [0, 0.1) is 6.92 Å². The predicted molar refractivity (Wildman–Crippen MR) is 136 cm³/mol. The van der Waals surface area contributed by atoms with Crippen LogP contribution in [0.25, 0.3) is 0 Å². The molecule has 6 nitrogen and oxygen atoms in total. The van der Waals surface area contributed by atoms with Crippen molar-refractivity contribution in [3.63, 3.8) is 0 Å². The second kappa shape index (κ2) is 10.3. The first-order chi connectivity index (χ1) is 16.0. The van der Waals surface area contributed by atoms with Gasteiger partial charge in [0.25, 0.3) is 11.8 Å². The van der Waals surface area contributed by atoms with Gasteiger partial charge < -0.3 is 15.1 Å². The Kier molecular flexibility index (Phi) is 7.00. The van der Waals surface area contributed by atoms with Crippen molar-refractivity contribution in [1.82, 2.24) is 10.2 Å². The second-order valence-electron chi connectivity index (χ2n) is 7.94. The number of thiocarbonyl (C=S) groups is 1. The lowest BCUT2D eigenvalue weighted by atomic mass is 10.1. The number of para-hydroxylation sites is 2. The van der Waals surface area contributed by atoms with Crippen LogP contribution < -0.4 is 15.5 Å². The molecule has 3 aromatic rings. The highest BCUT2D eigenvalue weighted by atomic mass is 32.1. The first kappa shape index (κ1) is 22.5. The summed E-state index contributed by atoms with van der Waals surface area (Å²) in [7, 11) is 0. The van der Waals surface area contributed by atoms with E-state index in [0.717, 1.165) is 16.9 Å².